The van der Waals surface area contributed by atoms with E-state index >= 15 is 0 Å². The van der Waals surface area contributed by atoms with Crippen molar-refractivity contribution in [3.05, 3.63) is 74.9 Å². The molecule has 0 unspecified atom stereocenters. The monoisotopic (exact) mass is 468 g/mol. The van der Waals surface area contributed by atoms with Gasteiger partial charge in [-0.05, 0) is 84.5 Å². The Labute approximate surface area is 170 Å². The van der Waals surface area contributed by atoms with E-state index in [9.17, 15) is 5.11 Å². The van der Waals surface area contributed by atoms with E-state index < -0.39 is 0 Å². The summed E-state index contributed by atoms with van der Waals surface area (Å²) < 4.78 is 6.93. The number of halogens is 1. The van der Waals surface area contributed by atoms with Gasteiger partial charge >= 0.3 is 0 Å². The molecule has 0 amide bonds. The van der Waals surface area contributed by atoms with E-state index in [0.29, 0.717) is 11.5 Å². The molecule has 3 aromatic carbocycles. The molecule has 1 aromatic heterocycles. The Balaban J connectivity index is 1.68. The quantitative estimate of drug-likeness (QED) is 0.289. The molecule has 5 heteroatoms. The van der Waals surface area contributed by atoms with Gasteiger partial charge in [0.25, 0.3) is 0 Å². The Morgan fingerprint density at radius 3 is 2.74 bits per heavy atom. The highest BCUT2D eigenvalue weighted by molar-refractivity contribution is 14.1. The zero-order valence-electron chi connectivity index (χ0n) is 14.9. The van der Waals surface area contributed by atoms with Gasteiger partial charge in [0.2, 0.25) is 5.89 Å². The second-order valence-corrected chi connectivity index (χ2v) is 7.70. The maximum Gasteiger partial charge on any atom is 0.227 e. The zero-order valence-corrected chi connectivity index (χ0v) is 17.1. The topological polar surface area (TPSA) is 58.6 Å². The first-order chi connectivity index (χ1) is 13.0. The maximum atomic E-state index is 10.2. The zero-order chi connectivity index (χ0) is 19.0. The molecule has 0 saturated heterocycles. The van der Waals surface area contributed by atoms with Crippen LogP contribution in [0.25, 0.3) is 22.6 Å². The minimum atomic E-state index is 0.253. The minimum Gasteiger partial charge on any atom is -0.507 e. The number of nitrogens with zero attached hydrogens (tertiary/aromatic N) is 2. The van der Waals surface area contributed by atoms with Crippen molar-refractivity contribution in [1.82, 2.24) is 4.98 Å². The van der Waals surface area contributed by atoms with Crippen LogP contribution in [0, 0.1) is 17.4 Å². The highest BCUT2D eigenvalue weighted by Crippen LogP contribution is 2.28. The summed E-state index contributed by atoms with van der Waals surface area (Å²) in [6.07, 6.45) is 1.67. The van der Waals surface area contributed by atoms with E-state index in [-0.39, 0.29) is 5.75 Å². The lowest BCUT2D eigenvalue weighted by Crippen LogP contribution is -1.87. The molecule has 0 radical (unpaired) electrons. The van der Waals surface area contributed by atoms with E-state index in [1.165, 1.54) is 0 Å². The molecule has 27 heavy (non-hydrogen) atoms. The Kier molecular flexibility index (Phi) is 4.70. The summed E-state index contributed by atoms with van der Waals surface area (Å²) in [6, 6.07) is 17.5. The number of phenolic OH excluding ortho intramolecular Hbond substituents is 1. The lowest BCUT2D eigenvalue weighted by Gasteiger charge is -2.03. The van der Waals surface area contributed by atoms with E-state index in [1.54, 1.807) is 6.21 Å². The molecule has 0 bridgehead atoms. The third kappa shape index (κ3) is 3.73. The molecule has 0 spiro atoms. The number of hydrogen-bond donors (Lipinski definition) is 1. The van der Waals surface area contributed by atoms with Crippen molar-refractivity contribution >= 4 is 45.6 Å². The predicted molar refractivity (Wildman–Crippen MR) is 117 cm³/mol. The van der Waals surface area contributed by atoms with Crippen molar-refractivity contribution in [2.45, 2.75) is 13.8 Å². The molecule has 1 N–H and O–H groups in total. The molecule has 4 aromatic rings. The molecule has 0 saturated carbocycles. The number of fused-ring (bicyclic) bond motifs is 1. The summed E-state index contributed by atoms with van der Waals surface area (Å²) in [5, 5.41) is 10.2. The second-order valence-electron chi connectivity index (χ2n) is 6.46. The average Bonchev–Trinajstić information content (AvgIpc) is 3.07. The largest absolute Gasteiger partial charge is 0.507 e. The number of aryl methyl sites for hydroxylation is 2. The third-order valence-corrected chi connectivity index (χ3v) is 4.91. The summed E-state index contributed by atoms with van der Waals surface area (Å²) in [5.41, 5.74) is 5.87. The second kappa shape index (κ2) is 7.15. The van der Waals surface area contributed by atoms with E-state index in [0.717, 1.165) is 37.0 Å². The van der Waals surface area contributed by atoms with Gasteiger partial charge in [0.15, 0.2) is 5.58 Å². The Bertz CT molecular complexity index is 1180. The summed E-state index contributed by atoms with van der Waals surface area (Å²) >= 11 is 2.23. The Morgan fingerprint density at radius 1 is 1.07 bits per heavy atom. The standard InChI is InChI=1S/C22H17IN2O2/c1-13-4-3-5-15(8-13)22-25-19-11-18(6-7-20(19)27-22)24-12-16-10-17(23)9-14(2)21(16)26/h3-12,26H,1-2H3. The number of hydrogen-bond acceptors (Lipinski definition) is 4. The van der Waals surface area contributed by atoms with Gasteiger partial charge in [-0.2, -0.15) is 0 Å². The molecule has 134 valence electrons. The lowest BCUT2D eigenvalue weighted by atomic mass is 10.1. The SMILES string of the molecule is Cc1cccc(-c2nc3cc(N=Cc4cc(I)cc(C)c4O)ccc3o2)c1. The number of aliphatic imine (C=N–C) groups is 1. The molecule has 4 nitrogen and oxygen atoms in total. The normalized spacial score (nSPS) is 11.5. The number of aromatic hydroxyl groups is 1. The van der Waals surface area contributed by atoms with Crippen LogP contribution in [0.1, 0.15) is 16.7 Å². The lowest BCUT2D eigenvalue weighted by molar-refractivity contribution is 0.470. The number of rotatable bonds is 3. The van der Waals surface area contributed by atoms with Crippen LogP contribution in [-0.2, 0) is 0 Å². The molecule has 0 atom stereocenters. The van der Waals surface area contributed by atoms with Gasteiger partial charge in [0.1, 0.15) is 11.3 Å². The Morgan fingerprint density at radius 2 is 1.93 bits per heavy atom. The fraction of sp³-hybridized carbons (Fsp3) is 0.0909. The Hall–Kier alpha value is -2.67. The van der Waals surface area contributed by atoms with Gasteiger partial charge in [-0.15, -0.1) is 0 Å². The van der Waals surface area contributed by atoms with Crippen molar-refractivity contribution in [2.75, 3.05) is 0 Å². The van der Waals surface area contributed by atoms with Gasteiger partial charge < -0.3 is 9.52 Å². The number of aromatic nitrogens is 1. The fourth-order valence-electron chi connectivity index (χ4n) is 2.90. The minimum absolute atomic E-state index is 0.253. The van der Waals surface area contributed by atoms with Gasteiger partial charge in [-0.25, -0.2) is 4.98 Å². The van der Waals surface area contributed by atoms with E-state index in [1.807, 2.05) is 68.4 Å². The van der Waals surface area contributed by atoms with Crippen LogP contribution in [0.5, 0.6) is 5.75 Å². The van der Waals surface area contributed by atoms with E-state index in [2.05, 4.69) is 32.6 Å². The van der Waals surface area contributed by atoms with E-state index in [4.69, 9.17) is 4.42 Å². The van der Waals surface area contributed by atoms with Gasteiger partial charge in [-0.1, -0.05) is 17.7 Å². The van der Waals surface area contributed by atoms with Gasteiger partial charge in [0, 0.05) is 20.9 Å². The molecule has 0 aliphatic heterocycles. The summed E-state index contributed by atoms with van der Waals surface area (Å²) in [4.78, 5) is 9.09. The van der Waals surface area contributed by atoms with Crippen molar-refractivity contribution in [1.29, 1.82) is 0 Å². The van der Waals surface area contributed by atoms with Crippen molar-refractivity contribution in [3.8, 4) is 17.2 Å². The van der Waals surface area contributed by atoms with Crippen LogP contribution in [0.2, 0.25) is 0 Å². The van der Waals surface area contributed by atoms with Crippen molar-refractivity contribution in [2.24, 2.45) is 4.99 Å². The number of benzene rings is 3. The molecule has 0 fully saturated rings. The first kappa shape index (κ1) is 17.7. The molecule has 1 heterocycles. The number of oxazole rings is 1. The van der Waals surface area contributed by atoms with Crippen LogP contribution in [-0.4, -0.2) is 16.3 Å². The molecule has 0 aliphatic carbocycles. The fourth-order valence-corrected chi connectivity index (χ4v) is 3.70. The summed E-state index contributed by atoms with van der Waals surface area (Å²) in [6.45, 7) is 3.92. The highest BCUT2D eigenvalue weighted by Gasteiger charge is 2.09. The van der Waals surface area contributed by atoms with Gasteiger partial charge in [-0.3, -0.25) is 4.99 Å². The molecule has 0 aliphatic rings. The predicted octanol–water partition coefficient (Wildman–Crippen LogP) is 6.17. The van der Waals surface area contributed by atoms with Crippen LogP contribution < -0.4 is 0 Å². The van der Waals surface area contributed by atoms with Crippen LogP contribution in [0.15, 0.2) is 64.0 Å². The summed E-state index contributed by atoms with van der Waals surface area (Å²) in [7, 11) is 0. The molecular weight excluding hydrogens is 451 g/mol. The molecular formula is C22H17IN2O2. The highest BCUT2D eigenvalue weighted by atomic mass is 127. The molecule has 4 rings (SSSR count). The summed E-state index contributed by atoms with van der Waals surface area (Å²) in [5.74, 6) is 0.851. The number of phenols is 1. The third-order valence-electron chi connectivity index (χ3n) is 4.28. The first-order valence-electron chi connectivity index (χ1n) is 8.50. The average molecular weight is 468 g/mol. The smallest absolute Gasteiger partial charge is 0.227 e. The first-order valence-corrected chi connectivity index (χ1v) is 9.58. The maximum absolute atomic E-state index is 10.2. The van der Waals surface area contributed by atoms with Crippen LogP contribution in [0.4, 0.5) is 5.69 Å². The van der Waals surface area contributed by atoms with Crippen molar-refractivity contribution < 1.29 is 9.52 Å². The van der Waals surface area contributed by atoms with Crippen LogP contribution in [0.3, 0.4) is 0 Å². The van der Waals surface area contributed by atoms with Gasteiger partial charge in [0.05, 0.1) is 5.69 Å². The van der Waals surface area contributed by atoms with Crippen molar-refractivity contribution in [3.63, 3.8) is 0 Å². The van der Waals surface area contributed by atoms with Crippen LogP contribution >= 0.6 is 22.6 Å².